The fourth-order valence-electron chi connectivity index (χ4n) is 1.79. The lowest BCUT2D eigenvalue weighted by Crippen LogP contribution is -2.20. The Morgan fingerprint density at radius 1 is 1.35 bits per heavy atom. The van der Waals surface area contributed by atoms with Crippen LogP contribution in [0, 0.1) is 0 Å². The van der Waals surface area contributed by atoms with Gasteiger partial charge in [0.25, 0.3) is 0 Å². The van der Waals surface area contributed by atoms with Crippen LogP contribution in [-0.2, 0) is 17.8 Å². The van der Waals surface area contributed by atoms with E-state index in [0.717, 1.165) is 45.5 Å². The number of nitrogens with one attached hydrogen (secondary N) is 1. The van der Waals surface area contributed by atoms with Gasteiger partial charge in [-0.1, -0.05) is 0 Å². The molecule has 1 heterocycles. The zero-order valence-electron chi connectivity index (χ0n) is 10.7. The zero-order valence-corrected chi connectivity index (χ0v) is 10.7. The maximum atomic E-state index is 8.72. The van der Waals surface area contributed by atoms with Crippen molar-refractivity contribution in [2.75, 3.05) is 26.9 Å². The van der Waals surface area contributed by atoms with Crippen LogP contribution in [0.15, 0.2) is 18.3 Å². The lowest BCUT2D eigenvalue weighted by Gasteiger charge is -2.10. The highest BCUT2D eigenvalue weighted by Gasteiger charge is 2.00. The van der Waals surface area contributed by atoms with Gasteiger partial charge in [0.1, 0.15) is 0 Å². The van der Waals surface area contributed by atoms with Crippen LogP contribution in [0.25, 0.3) is 0 Å². The van der Waals surface area contributed by atoms with Crippen molar-refractivity contribution < 1.29 is 9.84 Å². The lowest BCUT2D eigenvalue weighted by molar-refractivity contribution is 0.199. The van der Waals surface area contributed by atoms with Gasteiger partial charge in [-0.3, -0.25) is 0 Å². The van der Waals surface area contributed by atoms with Gasteiger partial charge < -0.3 is 19.7 Å². The number of hydrogen-bond donors (Lipinski definition) is 2. The predicted octanol–water partition coefficient (Wildman–Crippen LogP) is 1.39. The topological polar surface area (TPSA) is 46.4 Å². The van der Waals surface area contributed by atoms with Gasteiger partial charge in [0.05, 0.1) is 6.61 Å². The minimum Gasteiger partial charge on any atom is -0.396 e. The van der Waals surface area contributed by atoms with Crippen molar-refractivity contribution in [3.63, 3.8) is 0 Å². The van der Waals surface area contributed by atoms with Crippen molar-refractivity contribution in [3.05, 3.63) is 24.0 Å². The molecule has 0 bridgehead atoms. The summed E-state index contributed by atoms with van der Waals surface area (Å²) in [5.41, 5.74) is 1.31. The van der Waals surface area contributed by atoms with E-state index in [1.165, 1.54) is 5.69 Å². The second-order valence-electron chi connectivity index (χ2n) is 4.15. The van der Waals surface area contributed by atoms with E-state index < -0.39 is 0 Å². The highest BCUT2D eigenvalue weighted by molar-refractivity contribution is 5.06. The molecule has 0 saturated carbocycles. The molecule has 4 nitrogen and oxygen atoms in total. The van der Waals surface area contributed by atoms with Gasteiger partial charge in [-0.2, -0.15) is 0 Å². The third-order valence-corrected chi connectivity index (χ3v) is 2.77. The molecule has 0 aliphatic heterocycles. The fourth-order valence-corrected chi connectivity index (χ4v) is 1.79. The van der Waals surface area contributed by atoms with Gasteiger partial charge in [-0.05, 0) is 31.4 Å². The van der Waals surface area contributed by atoms with Crippen LogP contribution in [0.4, 0.5) is 0 Å². The summed E-state index contributed by atoms with van der Waals surface area (Å²) in [5.74, 6) is 0. The first-order valence-corrected chi connectivity index (χ1v) is 6.33. The molecule has 4 heteroatoms. The molecule has 0 aliphatic rings. The molecule has 1 aromatic rings. The highest BCUT2D eigenvalue weighted by Crippen LogP contribution is 2.05. The smallest absolute Gasteiger partial charge is 0.0587 e. The van der Waals surface area contributed by atoms with Gasteiger partial charge in [0.15, 0.2) is 0 Å². The fraction of sp³-hybridized carbons (Fsp3) is 0.692. The lowest BCUT2D eigenvalue weighted by atomic mass is 10.2. The van der Waals surface area contributed by atoms with Crippen LogP contribution in [0.5, 0.6) is 0 Å². The molecular weight excluding hydrogens is 216 g/mol. The summed E-state index contributed by atoms with van der Waals surface area (Å²) in [6.07, 6.45) is 5.24. The van der Waals surface area contributed by atoms with Crippen molar-refractivity contribution in [2.45, 2.75) is 32.4 Å². The molecule has 0 aliphatic carbocycles. The van der Waals surface area contributed by atoms with Gasteiger partial charge in [-0.15, -0.1) is 0 Å². The zero-order chi connectivity index (χ0) is 12.3. The second-order valence-corrected chi connectivity index (χ2v) is 4.15. The third kappa shape index (κ3) is 5.86. The van der Waals surface area contributed by atoms with E-state index in [9.17, 15) is 0 Å². The Bertz CT molecular complexity index is 260. The normalized spacial score (nSPS) is 10.9. The standard InChI is InChI=1S/C13H24N2O2/c1-17-11-7-14-12-13-6-5-9-15(13)8-3-2-4-10-16/h5-6,9,14,16H,2-4,7-8,10-12H2,1H3. The van der Waals surface area contributed by atoms with E-state index >= 15 is 0 Å². The number of aryl methyl sites for hydroxylation is 1. The minimum absolute atomic E-state index is 0.303. The Kier molecular flexibility index (Phi) is 7.71. The SMILES string of the molecule is COCCNCc1cccn1CCCCCO. The Hall–Kier alpha value is -0.840. The summed E-state index contributed by atoms with van der Waals surface area (Å²) in [4.78, 5) is 0. The van der Waals surface area contributed by atoms with Crippen LogP contribution in [0.1, 0.15) is 25.0 Å². The Morgan fingerprint density at radius 2 is 2.24 bits per heavy atom. The highest BCUT2D eigenvalue weighted by atomic mass is 16.5. The molecule has 17 heavy (non-hydrogen) atoms. The molecule has 0 spiro atoms. The number of aliphatic hydroxyl groups is 1. The Morgan fingerprint density at radius 3 is 3.00 bits per heavy atom. The van der Waals surface area contributed by atoms with E-state index in [1.54, 1.807) is 7.11 Å². The largest absolute Gasteiger partial charge is 0.396 e. The van der Waals surface area contributed by atoms with Crippen molar-refractivity contribution in [3.8, 4) is 0 Å². The number of methoxy groups -OCH3 is 1. The molecule has 0 aromatic carbocycles. The molecule has 0 radical (unpaired) electrons. The molecule has 0 atom stereocenters. The monoisotopic (exact) mass is 240 g/mol. The quantitative estimate of drug-likeness (QED) is 0.607. The molecule has 1 aromatic heterocycles. The van der Waals surface area contributed by atoms with E-state index in [2.05, 4.69) is 28.2 Å². The van der Waals surface area contributed by atoms with E-state index in [0.29, 0.717) is 6.61 Å². The molecule has 0 unspecified atom stereocenters. The molecule has 0 saturated heterocycles. The van der Waals surface area contributed by atoms with Gasteiger partial charge in [-0.25, -0.2) is 0 Å². The van der Waals surface area contributed by atoms with Crippen LogP contribution in [0.2, 0.25) is 0 Å². The number of hydrogen-bond acceptors (Lipinski definition) is 3. The van der Waals surface area contributed by atoms with E-state index in [1.807, 2.05) is 0 Å². The maximum Gasteiger partial charge on any atom is 0.0587 e. The van der Waals surface area contributed by atoms with Crippen molar-refractivity contribution in [1.82, 2.24) is 9.88 Å². The number of unbranched alkanes of at least 4 members (excludes halogenated alkanes) is 2. The van der Waals surface area contributed by atoms with Crippen LogP contribution in [-0.4, -0.2) is 36.5 Å². The summed E-state index contributed by atoms with van der Waals surface area (Å²) < 4.78 is 7.27. The van der Waals surface area contributed by atoms with Crippen molar-refractivity contribution in [2.24, 2.45) is 0 Å². The summed E-state index contributed by atoms with van der Waals surface area (Å²) >= 11 is 0. The first-order chi connectivity index (χ1) is 8.38. The molecule has 1 rings (SSSR count). The summed E-state index contributed by atoms with van der Waals surface area (Å²) in [7, 11) is 1.71. The Labute approximate surface area is 104 Å². The van der Waals surface area contributed by atoms with E-state index in [-0.39, 0.29) is 0 Å². The molecule has 98 valence electrons. The van der Waals surface area contributed by atoms with Gasteiger partial charge in [0.2, 0.25) is 0 Å². The van der Waals surface area contributed by atoms with Crippen molar-refractivity contribution in [1.29, 1.82) is 0 Å². The summed E-state index contributed by atoms with van der Waals surface area (Å²) in [6.45, 7) is 3.85. The summed E-state index contributed by atoms with van der Waals surface area (Å²) in [6, 6.07) is 4.23. The maximum absolute atomic E-state index is 8.72. The summed E-state index contributed by atoms with van der Waals surface area (Å²) in [5, 5.41) is 12.1. The van der Waals surface area contributed by atoms with E-state index in [4.69, 9.17) is 9.84 Å². The Balaban J connectivity index is 2.22. The molecular formula is C13H24N2O2. The number of aliphatic hydroxyl groups excluding tert-OH is 1. The van der Waals surface area contributed by atoms with Crippen LogP contribution in [0.3, 0.4) is 0 Å². The third-order valence-electron chi connectivity index (χ3n) is 2.77. The average molecular weight is 240 g/mol. The van der Waals surface area contributed by atoms with Gasteiger partial charge in [0, 0.05) is 45.2 Å². The first-order valence-electron chi connectivity index (χ1n) is 6.33. The molecule has 0 fully saturated rings. The number of rotatable bonds is 10. The average Bonchev–Trinajstić information content (AvgIpc) is 2.78. The predicted molar refractivity (Wildman–Crippen MR) is 69.0 cm³/mol. The number of nitrogens with zero attached hydrogens (tertiary/aromatic N) is 1. The van der Waals surface area contributed by atoms with Crippen LogP contribution >= 0.6 is 0 Å². The molecule has 2 N–H and O–H groups in total. The number of aromatic nitrogens is 1. The number of ether oxygens (including phenoxy) is 1. The minimum atomic E-state index is 0.303. The first kappa shape index (κ1) is 14.2. The van der Waals surface area contributed by atoms with Gasteiger partial charge >= 0.3 is 0 Å². The van der Waals surface area contributed by atoms with Crippen molar-refractivity contribution >= 4 is 0 Å². The second kappa shape index (κ2) is 9.22. The molecule has 0 amide bonds. The van der Waals surface area contributed by atoms with Crippen LogP contribution < -0.4 is 5.32 Å².